The number of nitrogens with one attached hydrogen (secondary N) is 1. The van der Waals surface area contributed by atoms with Crippen LogP contribution in [-0.4, -0.2) is 6.04 Å². The molecule has 0 unspecified atom stereocenters. The lowest BCUT2D eigenvalue weighted by atomic mass is 10.2. The van der Waals surface area contributed by atoms with Gasteiger partial charge in [-0.2, -0.15) is 0 Å². The van der Waals surface area contributed by atoms with Gasteiger partial charge in [0.25, 0.3) is 0 Å². The number of halogens is 2. The molecule has 0 aliphatic carbocycles. The number of benzene rings is 1. The van der Waals surface area contributed by atoms with Crippen LogP contribution in [0, 0.1) is 5.82 Å². The Bertz CT molecular complexity index is 286. The van der Waals surface area contributed by atoms with Crippen LogP contribution in [0.2, 0.25) is 0 Å². The van der Waals surface area contributed by atoms with Crippen molar-refractivity contribution < 1.29 is 4.39 Å². The van der Waals surface area contributed by atoms with Crippen LogP contribution in [0.15, 0.2) is 22.7 Å². The Balaban J connectivity index is 2.67. The monoisotopic (exact) mass is 245 g/mol. The van der Waals surface area contributed by atoms with Crippen molar-refractivity contribution in [2.24, 2.45) is 0 Å². The summed E-state index contributed by atoms with van der Waals surface area (Å²) in [5.74, 6) is -0.164. The second-order valence-corrected chi connectivity index (χ2v) is 4.19. The molecular formula is C10H13BrFN. The SMILES string of the molecule is CC(C)NCc1ccc(Br)cc1F. The molecule has 0 heterocycles. The summed E-state index contributed by atoms with van der Waals surface area (Å²) < 4.78 is 14.0. The van der Waals surface area contributed by atoms with Crippen LogP contribution < -0.4 is 5.32 Å². The third kappa shape index (κ3) is 3.44. The van der Waals surface area contributed by atoms with Gasteiger partial charge in [0.05, 0.1) is 0 Å². The smallest absolute Gasteiger partial charge is 0.128 e. The minimum Gasteiger partial charge on any atom is -0.310 e. The lowest BCUT2D eigenvalue weighted by molar-refractivity contribution is 0.553. The van der Waals surface area contributed by atoms with E-state index in [2.05, 4.69) is 21.2 Å². The van der Waals surface area contributed by atoms with E-state index in [1.54, 1.807) is 6.07 Å². The molecule has 0 atom stereocenters. The van der Waals surface area contributed by atoms with E-state index >= 15 is 0 Å². The highest BCUT2D eigenvalue weighted by Gasteiger charge is 2.02. The summed E-state index contributed by atoms with van der Waals surface area (Å²) in [7, 11) is 0. The fourth-order valence-electron chi connectivity index (χ4n) is 0.979. The molecule has 0 amide bonds. The van der Waals surface area contributed by atoms with Gasteiger partial charge >= 0.3 is 0 Å². The number of rotatable bonds is 3. The fraction of sp³-hybridized carbons (Fsp3) is 0.400. The van der Waals surface area contributed by atoms with E-state index in [1.807, 2.05) is 19.9 Å². The van der Waals surface area contributed by atoms with E-state index in [9.17, 15) is 4.39 Å². The summed E-state index contributed by atoms with van der Waals surface area (Å²) in [5, 5.41) is 3.17. The van der Waals surface area contributed by atoms with Crippen molar-refractivity contribution in [3.8, 4) is 0 Å². The molecule has 0 saturated heterocycles. The van der Waals surface area contributed by atoms with E-state index in [0.717, 1.165) is 4.47 Å². The van der Waals surface area contributed by atoms with Gasteiger partial charge in [-0.15, -0.1) is 0 Å². The van der Waals surface area contributed by atoms with E-state index in [1.165, 1.54) is 6.07 Å². The summed E-state index contributed by atoms with van der Waals surface area (Å²) in [6, 6.07) is 5.50. The van der Waals surface area contributed by atoms with Crippen LogP contribution in [-0.2, 0) is 6.54 Å². The molecule has 0 bridgehead atoms. The van der Waals surface area contributed by atoms with Crippen molar-refractivity contribution in [3.05, 3.63) is 34.1 Å². The van der Waals surface area contributed by atoms with Crippen LogP contribution in [0.4, 0.5) is 4.39 Å². The first-order chi connectivity index (χ1) is 6.09. The Morgan fingerprint density at radius 2 is 2.15 bits per heavy atom. The Hall–Kier alpha value is -0.410. The molecule has 0 fully saturated rings. The minimum absolute atomic E-state index is 0.164. The van der Waals surface area contributed by atoms with E-state index in [4.69, 9.17) is 0 Å². The molecular weight excluding hydrogens is 233 g/mol. The second-order valence-electron chi connectivity index (χ2n) is 3.27. The quantitative estimate of drug-likeness (QED) is 0.864. The third-order valence-electron chi connectivity index (χ3n) is 1.72. The maximum Gasteiger partial charge on any atom is 0.128 e. The van der Waals surface area contributed by atoms with Crippen molar-refractivity contribution in [2.75, 3.05) is 0 Å². The second kappa shape index (κ2) is 4.72. The van der Waals surface area contributed by atoms with Crippen molar-refractivity contribution in [1.82, 2.24) is 5.32 Å². The average molecular weight is 246 g/mol. The number of hydrogen-bond donors (Lipinski definition) is 1. The number of hydrogen-bond acceptors (Lipinski definition) is 1. The molecule has 13 heavy (non-hydrogen) atoms. The molecule has 3 heteroatoms. The van der Waals surface area contributed by atoms with Gasteiger partial charge in [-0.3, -0.25) is 0 Å². The molecule has 0 aromatic heterocycles. The standard InChI is InChI=1S/C10H13BrFN/c1-7(2)13-6-8-3-4-9(11)5-10(8)12/h3-5,7,13H,6H2,1-2H3. The van der Waals surface area contributed by atoms with Crippen molar-refractivity contribution >= 4 is 15.9 Å². The Kier molecular flexibility index (Phi) is 3.88. The maximum absolute atomic E-state index is 13.2. The first-order valence-corrected chi connectivity index (χ1v) is 5.06. The molecule has 0 radical (unpaired) electrons. The summed E-state index contributed by atoms with van der Waals surface area (Å²) in [6.07, 6.45) is 0. The highest BCUT2D eigenvalue weighted by Crippen LogP contribution is 2.14. The van der Waals surface area contributed by atoms with Gasteiger partial charge in [-0.25, -0.2) is 4.39 Å². The van der Waals surface area contributed by atoms with Crippen molar-refractivity contribution in [3.63, 3.8) is 0 Å². The predicted octanol–water partition coefficient (Wildman–Crippen LogP) is 3.09. The van der Waals surface area contributed by atoms with Gasteiger partial charge < -0.3 is 5.32 Å². The lowest BCUT2D eigenvalue weighted by Crippen LogP contribution is -2.22. The maximum atomic E-state index is 13.2. The third-order valence-corrected chi connectivity index (χ3v) is 2.21. The molecule has 1 N–H and O–H groups in total. The van der Waals surface area contributed by atoms with Gasteiger partial charge in [-0.05, 0) is 12.1 Å². The molecule has 0 aliphatic rings. The molecule has 1 nitrogen and oxygen atoms in total. The van der Waals surface area contributed by atoms with Crippen LogP contribution in [0.3, 0.4) is 0 Å². The lowest BCUT2D eigenvalue weighted by Gasteiger charge is -2.08. The summed E-state index contributed by atoms with van der Waals surface area (Å²) in [4.78, 5) is 0. The Labute approximate surface area is 86.5 Å². The summed E-state index contributed by atoms with van der Waals surface area (Å²) in [5.41, 5.74) is 0.705. The first kappa shape index (κ1) is 10.7. The molecule has 1 aromatic carbocycles. The highest BCUT2D eigenvalue weighted by molar-refractivity contribution is 9.10. The van der Waals surface area contributed by atoms with E-state index < -0.39 is 0 Å². The van der Waals surface area contributed by atoms with E-state index in [0.29, 0.717) is 18.2 Å². The molecule has 0 aliphatic heterocycles. The van der Waals surface area contributed by atoms with Crippen LogP contribution in [0.5, 0.6) is 0 Å². The average Bonchev–Trinajstić information content (AvgIpc) is 2.02. The zero-order chi connectivity index (χ0) is 9.84. The van der Waals surface area contributed by atoms with Gasteiger partial charge in [0, 0.05) is 22.6 Å². The minimum atomic E-state index is -0.164. The molecule has 0 spiro atoms. The van der Waals surface area contributed by atoms with Gasteiger partial charge in [-0.1, -0.05) is 35.8 Å². The van der Waals surface area contributed by atoms with Crippen molar-refractivity contribution in [2.45, 2.75) is 26.4 Å². The summed E-state index contributed by atoms with van der Waals surface area (Å²) >= 11 is 3.22. The van der Waals surface area contributed by atoms with Gasteiger partial charge in [0.15, 0.2) is 0 Å². The summed E-state index contributed by atoms with van der Waals surface area (Å²) in [6.45, 7) is 4.66. The zero-order valence-corrected chi connectivity index (χ0v) is 9.36. The highest BCUT2D eigenvalue weighted by atomic mass is 79.9. The van der Waals surface area contributed by atoms with Gasteiger partial charge in [0.1, 0.15) is 5.82 Å². The first-order valence-electron chi connectivity index (χ1n) is 4.27. The largest absolute Gasteiger partial charge is 0.310 e. The zero-order valence-electron chi connectivity index (χ0n) is 7.77. The van der Waals surface area contributed by atoms with Gasteiger partial charge in [0.2, 0.25) is 0 Å². The Morgan fingerprint density at radius 3 is 2.69 bits per heavy atom. The topological polar surface area (TPSA) is 12.0 Å². The fourth-order valence-corrected chi connectivity index (χ4v) is 1.31. The van der Waals surface area contributed by atoms with Crippen LogP contribution in [0.25, 0.3) is 0 Å². The molecule has 1 rings (SSSR count). The van der Waals surface area contributed by atoms with Crippen LogP contribution >= 0.6 is 15.9 Å². The molecule has 1 aromatic rings. The predicted molar refractivity (Wildman–Crippen MR) is 56.1 cm³/mol. The van der Waals surface area contributed by atoms with Crippen molar-refractivity contribution in [1.29, 1.82) is 0 Å². The van der Waals surface area contributed by atoms with Crippen LogP contribution in [0.1, 0.15) is 19.4 Å². The molecule has 72 valence electrons. The Morgan fingerprint density at radius 1 is 1.46 bits per heavy atom. The van der Waals surface area contributed by atoms with E-state index in [-0.39, 0.29) is 5.82 Å². The molecule has 0 saturated carbocycles. The normalized spacial score (nSPS) is 10.8.